The first-order valence-electron chi connectivity index (χ1n) is 10.6. The van der Waals surface area contributed by atoms with Crippen molar-refractivity contribution in [1.82, 2.24) is 9.78 Å². The van der Waals surface area contributed by atoms with Crippen molar-refractivity contribution in [3.8, 4) is 39.8 Å². The Hall–Kier alpha value is -4.06. The summed E-state index contributed by atoms with van der Waals surface area (Å²) in [5.41, 5.74) is 3.65. The molecule has 6 heteroatoms. The summed E-state index contributed by atoms with van der Waals surface area (Å²) < 4.78 is 1.94. The molecule has 1 aliphatic carbocycles. The zero-order chi connectivity index (χ0) is 22.2. The minimum absolute atomic E-state index is 0.0872. The molecule has 1 saturated carbocycles. The highest BCUT2D eigenvalue weighted by Crippen LogP contribution is 2.41. The topological polar surface area (TPSA) is 95.6 Å². The molecule has 0 amide bonds. The summed E-state index contributed by atoms with van der Waals surface area (Å²) in [4.78, 5) is 13.8. The standard InChI is InChI=1S/C26H22N2O4/c29-20-10-4-16(5-11-20)24-23(26(32)18-8-14-22(31)15-9-18)25(17-6-12-21(30)13-7-17)28(27-24)19-2-1-3-19/h4-15,19,29-31H,1-3H2. The fraction of sp³-hybridized carbons (Fsp3) is 0.154. The third-order valence-corrected chi connectivity index (χ3v) is 5.97. The number of carbonyl (C=O) groups excluding carboxylic acids is 1. The van der Waals surface area contributed by atoms with Crippen LogP contribution in [0, 0.1) is 0 Å². The van der Waals surface area contributed by atoms with Crippen LogP contribution in [0.15, 0.2) is 72.8 Å². The van der Waals surface area contributed by atoms with Crippen molar-refractivity contribution in [3.05, 3.63) is 83.9 Å². The smallest absolute Gasteiger partial charge is 0.197 e. The van der Waals surface area contributed by atoms with Gasteiger partial charge in [0, 0.05) is 16.7 Å². The van der Waals surface area contributed by atoms with Crippen molar-refractivity contribution in [1.29, 1.82) is 0 Å². The van der Waals surface area contributed by atoms with Gasteiger partial charge in [0.2, 0.25) is 0 Å². The predicted octanol–water partition coefficient (Wildman–Crippen LogP) is 5.29. The van der Waals surface area contributed by atoms with Gasteiger partial charge in [0.25, 0.3) is 0 Å². The predicted molar refractivity (Wildman–Crippen MR) is 121 cm³/mol. The van der Waals surface area contributed by atoms with E-state index >= 15 is 0 Å². The molecule has 0 bridgehead atoms. The Morgan fingerprint density at radius 2 is 1.25 bits per heavy atom. The van der Waals surface area contributed by atoms with Crippen molar-refractivity contribution in [2.24, 2.45) is 0 Å². The SMILES string of the molecule is O=C(c1ccc(O)cc1)c1c(-c2ccc(O)cc2)nn(C2CCC2)c1-c1ccc(O)cc1. The van der Waals surface area contributed by atoms with Gasteiger partial charge in [0.1, 0.15) is 22.9 Å². The molecular weight excluding hydrogens is 404 g/mol. The van der Waals surface area contributed by atoms with Crippen molar-refractivity contribution < 1.29 is 20.1 Å². The fourth-order valence-electron chi connectivity index (χ4n) is 4.02. The molecule has 3 aromatic carbocycles. The average molecular weight is 426 g/mol. The van der Waals surface area contributed by atoms with Gasteiger partial charge >= 0.3 is 0 Å². The Bertz CT molecular complexity index is 1270. The van der Waals surface area contributed by atoms with E-state index in [4.69, 9.17) is 5.10 Å². The van der Waals surface area contributed by atoms with Gasteiger partial charge in [-0.25, -0.2) is 0 Å². The Balaban J connectivity index is 1.77. The summed E-state index contributed by atoms with van der Waals surface area (Å²) in [7, 11) is 0. The molecule has 32 heavy (non-hydrogen) atoms. The van der Waals surface area contributed by atoms with Crippen molar-refractivity contribution in [2.45, 2.75) is 25.3 Å². The number of ketones is 1. The molecule has 1 heterocycles. The van der Waals surface area contributed by atoms with Gasteiger partial charge in [0.05, 0.1) is 17.3 Å². The van der Waals surface area contributed by atoms with E-state index in [9.17, 15) is 20.1 Å². The Morgan fingerprint density at radius 3 is 1.75 bits per heavy atom. The van der Waals surface area contributed by atoms with Crippen LogP contribution in [0.2, 0.25) is 0 Å². The Labute approximate surface area is 185 Å². The van der Waals surface area contributed by atoms with Gasteiger partial charge in [0.15, 0.2) is 5.78 Å². The second-order valence-corrected chi connectivity index (χ2v) is 8.07. The van der Waals surface area contributed by atoms with Crippen LogP contribution in [0.5, 0.6) is 17.2 Å². The maximum atomic E-state index is 13.8. The summed E-state index contributed by atoms with van der Waals surface area (Å²) in [5.74, 6) is 0.164. The maximum Gasteiger partial charge on any atom is 0.197 e. The van der Waals surface area contributed by atoms with Crippen LogP contribution in [0.4, 0.5) is 0 Å². The normalized spacial score (nSPS) is 13.6. The van der Waals surface area contributed by atoms with Crippen LogP contribution >= 0.6 is 0 Å². The number of phenolic OH excluding ortho intramolecular Hbond substituents is 3. The molecule has 1 aliphatic rings. The number of benzene rings is 3. The first kappa shape index (κ1) is 19.9. The number of nitrogens with zero attached hydrogens (tertiary/aromatic N) is 2. The minimum atomic E-state index is -0.207. The highest BCUT2D eigenvalue weighted by atomic mass is 16.3. The highest BCUT2D eigenvalue weighted by Gasteiger charge is 2.31. The van der Waals surface area contributed by atoms with E-state index in [0.717, 1.165) is 30.4 Å². The molecular formula is C26H22N2O4. The fourth-order valence-corrected chi connectivity index (χ4v) is 4.02. The van der Waals surface area contributed by atoms with Gasteiger partial charge < -0.3 is 15.3 Å². The van der Waals surface area contributed by atoms with Gasteiger partial charge in [-0.2, -0.15) is 5.10 Å². The van der Waals surface area contributed by atoms with Crippen LogP contribution in [0.25, 0.3) is 22.5 Å². The molecule has 1 fully saturated rings. The lowest BCUT2D eigenvalue weighted by Crippen LogP contribution is -2.19. The van der Waals surface area contributed by atoms with Crippen molar-refractivity contribution in [2.75, 3.05) is 0 Å². The zero-order valence-corrected chi connectivity index (χ0v) is 17.3. The van der Waals surface area contributed by atoms with Crippen molar-refractivity contribution >= 4 is 5.78 Å². The summed E-state index contributed by atoms with van der Waals surface area (Å²) >= 11 is 0. The number of aromatic nitrogens is 2. The second kappa shape index (κ2) is 7.89. The molecule has 0 spiro atoms. The van der Waals surface area contributed by atoms with Crippen LogP contribution in [-0.4, -0.2) is 30.9 Å². The van der Waals surface area contributed by atoms with E-state index in [1.54, 1.807) is 60.7 Å². The van der Waals surface area contributed by atoms with E-state index in [2.05, 4.69) is 0 Å². The van der Waals surface area contributed by atoms with Gasteiger partial charge in [-0.15, -0.1) is 0 Å². The van der Waals surface area contributed by atoms with Crippen LogP contribution in [-0.2, 0) is 0 Å². The first-order chi connectivity index (χ1) is 15.5. The van der Waals surface area contributed by atoms with Crippen LogP contribution in [0.1, 0.15) is 41.2 Å². The molecule has 0 atom stereocenters. The molecule has 5 rings (SSSR count). The lowest BCUT2D eigenvalue weighted by atomic mass is 9.91. The minimum Gasteiger partial charge on any atom is -0.508 e. The quantitative estimate of drug-likeness (QED) is 0.377. The highest BCUT2D eigenvalue weighted by molar-refractivity contribution is 6.16. The second-order valence-electron chi connectivity index (χ2n) is 8.07. The van der Waals surface area contributed by atoms with E-state index < -0.39 is 0 Å². The molecule has 1 aromatic heterocycles. The molecule has 4 aromatic rings. The third-order valence-electron chi connectivity index (χ3n) is 5.97. The molecule has 3 N–H and O–H groups in total. The van der Waals surface area contributed by atoms with Gasteiger partial charge in [-0.3, -0.25) is 9.48 Å². The maximum absolute atomic E-state index is 13.8. The molecule has 0 aliphatic heterocycles. The molecule has 6 nitrogen and oxygen atoms in total. The number of phenols is 3. The van der Waals surface area contributed by atoms with E-state index in [1.165, 1.54) is 12.1 Å². The lowest BCUT2D eigenvalue weighted by molar-refractivity contribution is 0.103. The van der Waals surface area contributed by atoms with Gasteiger partial charge in [-0.1, -0.05) is 0 Å². The van der Waals surface area contributed by atoms with E-state index in [-0.39, 0.29) is 29.1 Å². The Morgan fingerprint density at radius 1 is 0.750 bits per heavy atom. The number of aromatic hydroxyl groups is 3. The van der Waals surface area contributed by atoms with E-state index in [1.807, 2.05) is 4.68 Å². The summed E-state index contributed by atoms with van der Waals surface area (Å²) in [5, 5.41) is 34.1. The van der Waals surface area contributed by atoms with Gasteiger partial charge in [-0.05, 0) is 92.1 Å². The Kier molecular flexibility index (Phi) is 4.90. The van der Waals surface area contributed by atoms with Crippen LogP contribution in [0.3, 0.4) is 0 Å². The molecule has 0 saturated heterocycles. The monoisotopic (exact) mass is 426 g/mol. The molecule has 160 valence electrons. The number of carbonyl (C=O) groups is 1. The summed E-state index contributed by atoms with van der Waals surface area (Å²) in [6.45, 7) is 0. The summed E-state index contributed by atoms with van der Waals surface area (Å²) in [6, 6.07) is 19.8. The number of rotatable bonds is 5. The average Bonchev–Trinajstić information content (AvgIpc) is 3.13. The zero-order valence-electron chi connectivity index (χ0n) is 17.3. The number of hydrogen-bond donors (Lipinski definition) is 3. The van der Waals surface area contributed by atoms with E-state index in [0.29, 0.717) is 22.5 Å². The first-order valence-corrected chi connectivity index (χ1v) is 10.6. The van der Waals surface area contributed by atoms with Crippen molar-refractivity contribution in [3.63, 3.8) is 0 Å². The lowest BCUT2D eigenvalue weighted by Gasteiger charge is -2.27. The molecule has 0 unspecified atom stereocenters. The molecule has 0 radical (unpaired) electrons. The number of hydrogen-bond acceptors (Lipinski definition) is 5. The third kappa shape index (κ3) is 3.50. The summed E-state index contributed by atoms with van der Waals surface area (Å²) in [6.07, 6.45) is 3.07. The largest absolute Gasteiger partial charge is 0.508 e. The van der Waals surface area contributed by atoms with Crippen LogP contribution < -0.4 is 0 Å².